The lowest BCUT2D eigenvalue weighted by molar-refractivity contribution is 0.158. The van der Waals surface area contributed by atoms with Crippen LogP contribution in [0.2, 0.25) is 0 Å². The van der Waals surface area contributed by atoms with E-state index in [1.807, 2.05) is 0 Å². The van der Waals surface area contributed by atoms with Gasteiger partial charge in [0.1, 0.15) is 12.3 Å². The zero-order valence-electron chi connectivity index (χ0n) is 10.5. The predicted molar refractivity (Wildman–Crippen MR) is 66.0 cm³/mol. The lowest BCUT2D eigenvalue weighted by atomic mass is 10.4. The summed E-state index contributed by atoms with van der Waals surface area (Å²) >= 11 is 1.05. The molecule has 0 saturated heterocycles. The first-order valence-electron chi connectivity index (χ1n) is 5.49. The molecule has 0 atom stereocenters. The zero-order valence-corrected chi connectivity index (χ0v) is 11.3. The molecule has 0 N–H and O–H groups in total. The van der Waals surface area contributed by atoms with Gasteiger partial charge >= 0.3 is 6.08 Å². The molecule has 1 heterocycles. The van der Waals surface area contributed by atoms with E-state index in [1.54, 1.807) is 13.8 Å². The number of halogens is 3. The summed E-state index contributed by atoms with van der Waals surface area (Å²) < 4.78 is 41.4. The molecule has 1 aromatic heterocycles. The van der Waals surface area contributed by atoms with Gasteiger partial charge in [0.2, 0.25) is 0 Å². The van der Waals surface area contributed by atoms with Crippen LogP contribution in [0.15, 0.2) is 32.9 Å². The van der Waals surface area contributed by atoms with Crippen molar-refractivity contribution in [2.45, 2.75) is 25.5 Å². The molecule has 0 radical (unpaired) electrons. The van der Waals surface area contributed by atoms with E-state index in [2.05, 4.69) is 10.1 Å². The van der Waals surface area contributed by atoms with Crippen LogP contribution in [0.5, 0.6) is 0 Å². The van der Waals surface area contributed by atoms with Gasteiger partial charge in [-0.2, -0.15) is 8.78 Å². The van der Waals surface area contributed by atoms with Crippen LogP contribution < -0.4 is 0 Å². The summed E-state index contributed by atoms with van der Waals surface area (Å²) in [6.07, 6.45) is -1.20. The van der Waals surface area contributed by atoms with Gasteiger partial charge in [-0.25, -0.2) is 9.37 Å². The molecule has 0 bridgehead atoms. The van der Waals surface area contributed by atoms with Gasteiger partial charge in [-0.15, -0.1) is 0 Å². The normalized spacial score (nSPS) is 11.5. The third-order valence-electron chi connectivity index (χ3n) is 1.92. The van der Waals surface area contributed by atoms with Gasteiger partial charge in [0, 0.05) is 12.2 Å². The van der Waals surface area contributed by atoms with Crippen LogP contribution in [0.4, 0.5) is 13.2 Å². The number of oxazole rings is 1. The predicted octanol–water partition coefficient (Wildman–Crippen LogP) is 3.99. The Morgan fingerprint density at radius 2 is 2.21 bits per heavy atom. The number of allylic oxidation sites excluding steroid dienone is 1. The molecule has 0 unspecified atom stereocenters. The maximum Gasteiger partial charge on any atom is 0.301 e. The SMILES string of the molecule is CCO/N=C(\C)c1cnc(SCCC(F)=C(F)F)o1. The van der Waals surface area contributed by atoms with Gasteiger partial charge in [0.15, 0.2) is 11.6 Å². The highest BCUT2D eigenvalue weighted by atomic mass is 32.2. The highest BCUT2D eigenvalue weighted by Crippen LogP contribution is 2.22. The van der Waals surface area contributed by atoms with Crippen molar-refractivity contribution in [3.05, 3.63) is 23.9 Å². The van der Waals surface area contributed by atoms with Gasteiger partial charge in [-0.3, -0.25) is 0 Å². The lowest BCUT2D eigenvalue weighted by Gasteiger charge is -1.96. The standard InChI is InChI=1S/C11H13F3N2O2S/c1-3-17-16-7(2)9-6-15-11(18-9)19-5-4-8(12)10(13)14/h6H,3-5H2,1-2H3/b16-7+. The van der Waals surface area contributed by atoms with E-state index < -0.39 is 11.9 Å². The van der Waals surface area contributed by atoms with Crippen LogP contribution in [0.25, 0.3) is 0 Å². The highest BCUT2D eigenvalue weighted by molar-refractivity contribution is 7.99. The average Bonchev–Trinajstić information content (AvgIpc) is 2.84. The quantitative estimate of drug-likeness (QED) is 0.433. The molecule has 0 aliphatic heterocycles. The fourth-order valence-corrected chi connectivity index (χ4v) is 1.75. The van der Waals surface area contributed by atoms with Crippen LogP contribution in [0.3, 0.4) is 0 Å². The first-order valence-corrected chi connectivity index (χ1v) is 6.48. The van der Waals surface area contributed by atoms with Crippen molar-refractivity contribution in [2.75, 3.05) is 12.4 Å². The Hall–Kier alpha value is -1.44. The molecule has 0 amide bonds. The van der Waals surface area contributed by atoms with Gasteiger partial charge in [-0.1, -0.05) is 16.9 Å². The Morgan fingerprint density at radius 3 is 2.84 bits per heavy atom. The number of nitrogens with zero attached hydrogens (tertiary/aromatic N) is 2. The summed E-state index contributed by atoms with van der Waals surface area (Å²) in [5.41, 5.74) is 0.516. The summed E-state index contributed by atoms with van der Waals surface area (Å²) in [7, 11) is 0. The van der Waals surface area contributed by atoms with E-state index in [-0.39, 0.29) is 17.4 Å². The third-order valence-corrected chi connectivity index (χ3v) is 2.77. The number of rotatable bonds is 7. The van der Waals surface area contributed by atoms with Crippen molar-refractivity contribution in [3.8, 4) is 0 Å². The third kappa shape index (κ3) is 5.37. The smallest absolute Gasteiger partial charge is 0.301 e. The Bertz CT molecular complexity index is 470. The fraction of sp³-hybridized carbons (Fsp3) is 0.455. The first kappa shape index (κ1) is 15.6. The summed E-state index contributed by atoms with van der Waals surface area (Å²) in [5, 5.41) is 4.04. The molecule has 0 aliphatic carbocycles. The van der Waals surface area contributed by atoms with Gasteiger partial charge in [0.25, 0.3) is 5.22 Å². The number of aromatic nitrogens is 1. The summed E-state index contributed by atoms with van der Waals surface area (Å²) in [5.74, 6) is -0.873. The molecule has 0 spiro atoms. The molecular formula is C11H13F3N2O2S. The molecule has 0 aromatic carbocycles. The molecule has 0 aliphatic rings. The lowest BCUT2D eigenvalue weighted by Crippen LogP contribution is -1.93. The monoisotopic (exact) mass is 294 g/mol. The van der Waals surface area contributed by atoms with Crippen LogP contribution in [0, 0.1) is 0 Å². The first-order chi connectivity index (χ1) is 9.04. The van der Waals surface area contributed by atoms with Crippen LogP contribution in [-0.2, 0) is 4.84 Å². The van der Waals surface area contributed by atoms with E-state index in [0.717, 1.165) is 11.8 Å². The van der Waals surface area contributed by atoms with Crippen LogP contribution >= 0.6 is 11.8 Å². The second kappa shape index (κ2) is 7.88. The molecule has 1 rings (SSSR count). The number of thioether (sulfide) groups is 1. The summed E-state index contributed by atoms with van der Waals surface area (Å²) in [6.45, 7) is 3.92. The van der Waals surface area contributed by atoms with Crippen molar-refractivity contribution in [3.63, 3.8) is 0 Å². The van der Waals surface area contributed by atoms with Crippen molar-refractivity contribution in [1.29, 1.82) is 0 Å². The topological polar surface area (TPSA) is 47.6 Å². The minimum Gasteiger partial charge on any atom is -0.430 e. The Balaban J connectivity index is 2.49. The Labute approximate surface area is 112 Å². The maximum absolute atomic E-state index is 12.5. The Morgan fingerprint density at radius 1 is 1.47 bits per heavy atom. The van der Waals surface area contributed by atoms with E-state index in [4.69, 9.17) is 9.25 Å². The summed E-state index contributed by atoms with van der Waals surface area (Å²) in [6, 6.07) is 0. The van der Waals surface area contributed by atoms with Crippen molar-refractivity contribution in [1.82, 2.24) is 4.98 Å². The van der Waals surface area contributed by atoms with Gasteiger partial charge < -0.3 is 9.25 Å². The summed E-state index contributed by atoms with van der Waals surface area (Å²) in [4.78, 5) is 8.77. The zero-order chi connectivity index (χ0) is 14.3. The van der Waals surface area contributed by atoms with Crippen LogP contribution in [-0.4, -0.2) is 23.1 Å². The Kier molecular flexibility index (Phi) is 6.48. The van der Waals surface area contributed by atoms with E-state index in [0.29, 0.717) is 18.1 Å². The second-order valence-corrected chi connectivity index (χ2v) is 4.39. The van der Waals surface area contributed by atoms with E-state index in [1.165, 1.54) is 6.20 Å². The largest absolute Gasteiger partial charge is 0.430 e. The average molecular weight is 294 g/mol. The van der Waals surface area contributed by atoms with Gasteiger partial charge in [-0.05, 0) is 13.8 Å². The molecule has 8 heteroatoms. The van der Waals surface area contributed by atoms with Crippen molar-refractivity contribution >= 4 is 17.5 Å². The minimum atomic E-state index is -2.28. The molecule has 106 valence electrons. The second-order valence-electron chi connectivity index (χ2n) is 3.35. The number of oxime groups is 1. The van der Waals surface area contributed by atoms with Gasteiger partial charge in [0.05, 0.1) is 6.20 Å². The van der Waals surface area contributed by atoms with Crippen molar-refractivity contribution in [2.24, 2.45) is 5.16 Å². The van der Waals surface area contributed by atoms with E-state index >= 15 is 0 Å². The van der Waals surface area contributed by atoms with E-state index in [9.17, 15) is 13.2 Å². The van der Waals surface area contributed by atoms with Crippen LogP contribution in [0.1, 0.15) is 26.0 Å². The molecule has 1 aromatic rings. The molecule has 19 heavy (non-hydrogen) atoms. The number of hydrogen-bond acceptors (Lipinski definition) is 5. The molecule has 0 saturated carbocycles. The molecule has 4 nitrogen and oxygen atoms in total. The highest BCUT2D eigenvalue weighted by Gasteiger charge is 2.10. The number of hydrogen-bond donors (Lipinski definition) is 0. The molecular weight excluding hydrogens is 281 g/mol. The fourth-order valence-electron chi connectivity index (χ4n) is 1.02. The minimum absolute atomic E-state index is 0.116. The van der Waals surface area contributed by atoms with Crippen molar-refractivity contribution < 1.29 is 22.4 Å². The maximum atomic E-state index is 12.5. The molecule has 0 fully saturated rings.